The molecule has 2 heterocycles. The van der Waals surface area contributed by atoms with E-state index in [1.807, 2.05) is 41.3 Å². The van der Waals surface area contributed by atoms with Crippen LogP contribution in [-0.4, -0.2) is 38.2 Å². The molecule has 0 aliphatic carbocycles. The third-order valence-corrected chi connectivity index (χ3v) is 6.41. The number of amides is 1. The first-order valence-corrected chi connectivity index (χ1v) is 10.5. The molecule has 2 aliphatic heterocycles. The summed E-state index contributed by atoms with van der Waals surface area (Å²) in [6.07, 6.45) is 1.36. The molecule has 27 heavy (non-hydrogen) atoms. The molecule has 0 radical (unpaired) electrons. The van der Waals surface area contributed by atoms with E-state index in [0.717, 1.165) is 5.56 Å². The van der Waals surface area contributed by atoms with E-state index in [0.29, 0.717) is 43.9 Å². The van der Waals surface area contributed by atoms with Crippen molar-refractivity contribution in [3.63, 3.8) is 0 Å². The van der Waals surface area contributed by atoms with Gasteiger partial charge in [0.2, 0.25) is 5.91 Å². The molecule has 0 saturated carbocycles. The molecule has 0 atom stereocenters. The Morgan fingerprint density at radius 2 is 1.70 bits per heavy atom. The maximum Gasteiger partial charge on any atom is 0.285 e. The maximum atomic E-state index is 12.4. The van der Waals surface area contributed by atoms with Gasteiger partial charge in [-0.15, -0.1) is 4.40 Å². The van der Waals surface area contributed by atoms with Gasteiger partial charge in [0.15, 0.2) is 5.84 Å². The molecule has 1 fully saturated rings. The summed E-state index contributed by atoms with van der Waals surface area (Å²) in [6, 6.07) is 16.7. The third kappa shape index (κ3) is 3.60. The molecule has 0 spiro atoms. The molecule has 2 aromatic carbocycles. The molecule has 1 amide bonds. The van der Waals surface area contributed by atoms with Crippen molar-refractivity contribution in [3.05, 3.63) is 65.7 Å². The van der Waals surface area contributed by atoms with Crippen LogP contribution in [0.5, 0.6) is 0 Å². The fraction of sp³-hybridized carbons (Fsp3) is 0.300. The lowest BCUT2D eigenvalue weighted by atomic mass is 9.95. The molecule has 7 heteroatoms. The second-order valence-electron chi connectivity index (χ2n) is 6.85. The second kappa shape index (κ2) is 7.15. The average molecular weight is 383 g/mol. The lowest BCUT2D eigenvalue weighted by Gasteiger charge is -2.32. The normalized spacial score (nSPS) is 18.7. The zero-order chi connectivity index (χ0) is 18.9. The van der Waals surface area contributed by atoms with Crippen molar-refractivity contribution in [1.29, 1.82) is 0 Å². The molecule has 0 unspecified atom stereocenters. The summed E-state index contributed by atoms with van der Waals surface area (Å²) in [5.74, 6) is 0.507. The molecule has 4 rings (SSSR count). The minimum Gasteiger partial charge on any atom is -0.355 e. The van der Waals surface area contributed by atoms with Gasteiger partial charge < -0.3 is 10.2 Å². The van der Waals surface area contributed by atoms with E-state index in [1.165, 1.54) is 0 Å². The van der Waals surface area contributed by atoms with Crippen LogP contribution in [0.4, 0.5) is 0 Å². The number of likely N-dealkylation sites (tertiary alicyclic amines) is 1. The highest BCUT2D eigenvalue weighted by Crippen LogP contribution is 2.29. The van der Waals surface area contributed by atoms with Gasteiger partial charge >= 0.3 is 0 Å². The molecular formula is C20H21N3O3S. The fourth-order valence-corrected chi connectivity index (χ4v) is 4.83. The van der Waals surface area contributed by atoms with Crippen LogP contribution >= 0.6 is 0 Å². The van der Waals surface area contributed by atoms with Crippen LogP contribution in [0.15, 0.2) is 63.9 Å². The first kappa shape index (κ1) is 17.7. The summed E-state index contributed by atoms with van der Waals surface area (Å²) in [6.45, 7) is 1.76. The number of carbonyl (C=O) groups excluding carboxylic acids is 1. The van der Waals surface area contributed by atoms with E-state index < -0.39 is 10.0 Å². The number of nitrogens with zero attached hydrogens (tertiary/aromatic N) is 2. The third-order valence-electron chi connectivity index (χ3n) is 5.09. The van der Waals surface area contributed by atoms with Gasteiger partial charge in [-0.25, -0.2) is 0 Å². The number of nitrogens with one attached hydrogen (secondary N) is 1. The number of amidine groups is 1. The molecular weight excluding hydrogens is 362 g/mol. The predicted molar refractivity (Wildman–Crippen MR) is 103 cm³/mol. The van der Waals surface area contributed by atoms with Crippen LogP contribution in [0.3, 0.4) is 0 Å². The van der Waals surface area contributed by atoms with Crippen LogP contribution < -0.4 is 5.32 Å². The Bertz CT molecular complexity index is 979. The zero-order valence-corrected chi connectivity index (χ0v) is 15.7. The van der Waals surface area contributed by atoms with Crippen LogP contribution in [0, 0.1) is 5.92 Å². The number of piperidine rings is 1. The number of benzene rings is 2. The van der Waals surface area contributed by atoms with Crippen molar-refractivity contribution in [2.45, 2.75) is 24.3 Å². The highest BCUT2D eigenvalue weighted by atomic mass is 32.2. The molecule has 0 bridgehead atoms. The summed E-state index contributed by atoms with van der Waals surface area (Å²) in [5.41, 5.74) is 1.73. The van der Waals surface area contributed by atoms with E-state index in [2.05, 4.69) is 9.71 Å². The maximum absolute atomic E-state index is 12.4. The number of rotatable bonds is 3. The Kier molecular flexibility index (Phi) is 4.70. The van der Waals surface area contributed by atoms with Gasteiger partial charge in [-0.05, 0) is 30.5 Å². The van der Waals surface area contributed by atoms with E-state index in [-0.39, 0.29) is 16.7 Å². The minimum atomic E-state index is -3.61. The van der Waals surface area contributed by atoms with Crippen LogP contribution in [-0.2, 0) is 21.4 Å². The lowest BCUT2D eigenvalue weighted by molar-refractivity contribution is -0.126. The van der Waals surface area contributed by atoms with Crippen LogP contribution in [0.2, 0.25) is 0 Å². The topological polar surface area (TPSA) is 78.8 Å². The van der Waals surface area contributed by atoms with Gasteiger partial charge in [-0.3, -0.25) is 4.79 Å². The van der Waals surface area contributed by atoms with Crippen LogP contribution in [0.25, 0.3) is 0 Å². The Labute approximate surface area is 159 Å². The SMILES string of the molecule is O=C(NCc1ccccc1)C1CCN(C2=NS(=O)(=O)c3ccccc32)CC1. The first-order chi connectivity index (χ1) is 13.0. The van der Waals surface area contributed by atoms with Gasteiger partial charge in [0.1, 0.15) is 4.90 Å². The Morgan fingerprint density at radius 1 is 1.04 bits per heavy atom. The summed E-state index contributed by atoms with van der Waals surface area (Å²) in [5, 5.41) is 3.00. The highest BCUT2D eigenvalue weighted by Gasteiger charge is 2.34. The van der Waals surface area contributed by atoms with E-state index in [4.69, 9.17) is 0 Å². The van der Waals surface area contributed by atoms with E-state index >= 15 is 0 Å². The van der Waals surface area contributed by atoms with Crippen molar-refractivity contribution in [3.8, 4) is 0 Å². The van der Waals surface area contributed by atoms with E-state index in [9.17, 15) is 13.2 Å². The number of carbonyl (C=O) groups is 1. The Hall–Kier alpha value is -2.67. The number of fused-ring (bicyclic) bond motifs is 1. The Morgan fingerprint density at radius 3 is 2.44 bits per heavy atom. The standard InChI is InChI=1S/C20H21N3O3S/c24-20(21-14-15-6-2-1-3-7-15)16-10-12-23(13-11-16)19-17-8-4-5-9-18(17)27(25,26)22-19/h1-9,16H,10-14H2,(H,21,24). The van der Waals surface area contributed by atoms with Crippen molar-refractivity contribution in [2.24, 2.45) is 10.3 Å². The number of hydrogen-bond acceptors (Lipinski definition) is 4. The molecule has 0 aromatic heterocycles. The highest BCUT2D eigenvalue weighted by molar-refractivity contribution is 7.90. The van der Waals surface area contributed by atoms with Gasteiger partial charge in [0.25, 0.3) is 10.0 Å². The summed E-state index contributed by atoms with van der Waals surface area (Å²) in [4.78, 5) is 14.7. The second-order valence-corrected chi connectivity index (χ2v) is 8.42. The largest absolute Gasteiger partial charge is 0.355 e. The molecule has 140 valence electrons. The summed E-state index contributed by atoms with van der Waals surface area (Å²) < 4.78 is 28.4. The molecule has 1 saturated heterocycles. The molecule has 2 aliphatic rings. The van der Waals surface area contributed by atoms with Gasteiger partial charge in [-0.2, -0.15) is 8.42 Å². The van der Waals surface area contributed by atoms with Crippen molar-refractivity contribution < 1.29 is 13.2 Å². The predicted octanol–water partition coefficient (Wildman–Crippen LogP) is 2.16. The summed E-state index contributed by atoms with van der Waals surface area (Å²) in [7, 11) is -3.61. The Balaban J connectivity index is 1.38. The average Bonchev–Trinajstić information content (AvgIpc) is 2.98. The number of hydrogen-bond donors (Lipinski definition) is 1. The van der Waals surface area contributed by atoms with Gasteiger partial charge in [0.05, 0.1) is 0 Å². The molecule has 1 N–H and O–H groups in total. The van der Waals surface area contributed by atoms with Gasteiger partial charge in [-0.1, -0.05) is 42.5 Å². The van der Waals surface area contributed by atoms with Crippen molar-refractivity contribution >= 4 is 21.8 Å². The zero-order valence-electron chi connectivity index (χ0n) is 14.8. The minimum absolute atomic E-state index is 0.0554. The quantitative estimate of drug-likeness (QED) is 0.881. The fourth-order valence-electron chi connectivity index (χ4n) is 3.60. The molecule has 2 aromatic rings. The van der Waals surface area contributed by atoms with Crippen LogP contribution in [0.1, 0.15) is 24.0 Å². The van der Waals surface area contributed by atoms with E-state index in [1.54, 1.807) is 18.2 Å². The first-order valence-electron chi connectivity index (χ1n) is 9.05. The monoisotopic (exact) mass is 383 g/mol. The number of sulfonamides is 1. The molecule has 6 nitrogen and oxygen atoms in total. The lowest BCUT2D eigenvalue weighted by Crippen LogP contribution is -2.42. The van der Waals surface area contributed by atoms with Gasteiger partial charge in [0, 0.05) is 31.1 Å². The van der Waals surface area contributed by atoms with Crippen molar-refractivity contribution in [1.82, 2.24) is 10.2 Å². The van der Waals surface area contributed by atoms with Crippen molar-refractivity contribution in [2.75, 3.05) is 13.1 Å². The smallest absolute Gasteiger partial charge is 0.285 e. The summed E-state index contributed by atoms with van der Waals surface area (Å²) >= 11 is 0.